The molecule has 1 unspecified atom stereocenters. The molecule has 2 aromatic carbocycles. The number of fused-ring (bicyclic) bond motifs is 1. The molecule has 1 heterocycles. The SMILES string of the molecule is CCCCCCCCOC(=O)C(C)(CCCC)c1ccc(O)c(-n2nc3ccccc3n2)c1. The van der Waals surface area contributed by atoms with Gasteiger partial charge >= 0.3 is 5.97 Å². The number of phenolic OH excluding ortho intramolecular Hbond substituents is 1. The van der Waals surface area contributed by atoms with Crippen molar-refractivity contribution in [3.05, 3.63) is 48.0 Å². The molecule has 0 amide bonds. The zero-order valence-corrected chi connectivity index (χ0v) is 20.2. The number of benzene rings is 2. The molecule has 0 fully saturated rings. The number of hydrogen-bond donors (Lipinski definition) is 1. The number of esters is 1. The van der Waals surface area contributed by atoms with Crippen molar-refractivity contribution in [1.82, 2.24) is 15.0 Å². The van der Waals surface area contributed by atoms with E-state index in [1.54, 1.807) is 6.07 Å². The number of nitrogens with zero attached hydrogens (tertiary/aromatic N) is 3. The van der Waals surface area contributed by atoms with Crippen LogP contribution in [0.5, 0.6) is 5.75 Å². The van der Waals surface area contributed by atoms with Gasteiger partial charge in [-0.15, -0.1) is 15.0 Å². The van der Waals surface area contributed by atoms with Crippen LogP contribution in [0.2, 0.25) is 0 Å². The Morgan fingerprint density at radius 2 is 1.58 bits per heavy atom. The van der Waals surface area contributed by atoms with Crippen LogP contribution in [0.4, 0.5) is 0 Å². The predicted octanol–water partition coefficient (Wildman–Crippen LogP) is 6.48. The summed E-state index contributed by atoms with van der Waals surface area (Å²) in [5.74, 6) is -0.142. The second-order valence-electron chi connectivity index (χ2n) is 9.02. The smallest absolute Gasteiger partial charge is 0.316 e. The zero-order valence-electron chi connectivity index (χ0n) is 20.2. The molecule has 6 nitrogen and oxygen atoms in total. The fraction of sp³-hybridized carbons (Fsp3) is 0.519. The summed E-state index contributed by atoms with van der Waals surface area (Å²) in [7, 11) is 0. The summed E-state index contributed by atoms with van der Waals surface area (Å²) in [5, 5.41) is 19.5. The van der Waals surface area contributed by atoms with Gasteiger partial charge in [0.1, 0.15) is 22.5 Å². The van der Waals surface area contributed by atoms with Crippen molar-refractivity contribution in [2.75, 3.05) is 6.61 Å². The highest BCUT2D eigenvalue weighted by atomic mass is 16.5. The van der Waals surface area contributed by atoms with Crippen LogP contribution in [-0.4, -0.2) is 32.7 Å². The van der Waals surface area contributed by atoms with Crippen molar-refractivity contribution in [2.45, 2.75) is 84.0 Å². The summed E-state index contributed by atoms with van der Waals surface area (Å²) in [6.45, 7) is 6.71. The number of unbranched alkanes of at least 4 members (excludes halogenated alkanes) is 6. The molecular formula is C27H37N3O3. The Kier molecular flexibility index (Phi) is 8.87. The zero-order chi connectivity index (χ0) is 23.7. The van der Waals surface area contributed by atoms with Crippen molar-refractivity contribution in [2.24, 2.45) is 0 Å². The molecule has 0 aliphatic rings. The second-order valence-corrected chi connectivity index (χ2v) is 9.02. The van der Waals surface area contributed by atoms with E-state index in [0.29, 0.717) is 18.7 Å². The van der Waals surface area contributed by atoms with Gasteiger partial charge in [0.15, 0.2) is 0 Å². The van der Waals surface area contributed by atoms with Crippen LogP contribution in [0.1, 0.15) is 84.1 Å². The molecule has 1 aromatic heterocycles. The Labute approximate surface area is 197 Å². The summed E-state index contributed by atoms with van der Waals surface area (Å²) in [6, 6.07) is 12.8. The van der Waals surface area contributed by atoms with Gasteiger partial charge in [-0.25, -0.2) is 0 Å². The number of phenols is 1. The lowest BCUT2D eigenvalue weighted by molar-refractivity contribution is -0.150. The molecular weight excluding hydrogens is 414 g/mol. The van der Waals surface area contributed by atoms with E-state index in [1.807, 2.05) is 43.3 Å². The maximum Gasteiger partial charge on any atom is 0.316 e. The van der Waals surface area contributed by atoms with Crippen LogP contribution in [0.3, 0.4) is 0 Å². The van der Waals surface area contributed by atoms with Crippen LogP contribution in [0.25, 0.3) is 16.7 Å². The van der Waals surface area contributed by atoms with Crippen LogP contribution in [0, 0.1) is 0 Å². The molecule has 178 valence electrons. The van der Waals surface area contributed by atoms with Gasteiger partial charge in [0, 0.05) is 0 Å². The number of hydrogen-bond acceptors (Lipinski definition) is 5. The number of carbonyl (C=O) groups excluding carboxylic acids is 1. The maximum atomic E-state index is 13.3. The Morgan fingerprint density at radius 3 is 2.24 bits per heavy atom. The average molecular weight is 452 g/mol. The Morgan fingerprint density at radius 1 is 0.939 bits per heavy atom. The normalized spacial score (nSPS) is 13.2. The van der Waals surface area contributed by atoms with Gasteiger partial charge in [-0.2, -0.15) is 0 Å². The van der Waals surface area contributed by atoms with Crippen LogP contribution < -0.4 is 0 Å². The molecule has 3 rings (SSSR count). The quantitative estimate of drug-likeness (QED) is 0.238. The number of aromatic nitrogens is 3. The third-order valence-corrected chi connectivity index (χ3v) is 6.33. The molecule has 1 N–H and O–H groups in total. The number of ether oxygens (including phenoxy) is 1. The van der Waals surface area contributed by atoms with Crippen molar-refractivity contribution < 1.29 is 14.6 Å². The predicted molar refractivity (Wildman–Crippen MR) is 132 cm³/mol. The van der Waals surface area contributed by atoms with Crippen molar-refractivity contribution in [3.63, 3.8) is 0 Å². The van der Waals surface area contributed by atoms with Crippen LogP contribution >= 0.6 is 0 Å². The molecule has 0 bridgehead atoms. The topological polar surface area (TPSA) is 77.2 Å². The van der Waals surface area contributed by atoms with Crippen LogP contribution in [0.15, 0.2) is 42.5 Å². The first-order chi connectivity index (χ1) is 16.0. The first kappa shape index (κ1) is 24.7. The maximum absolute atomic E-state index is 13.3. The summed E-state index contributed by atoms with van der Waals surface area (Å²) in [4.78, 5) is 14.7. The van der Waals surface area contributed by atoms with E-state index in [-0.39, 0.29) is 11.7 Å². The average Bonchev–Trinajstić information content (AvgIpc) is 3.26. The molecule has 0 radical (unpaired) electrons. The first-order valence-electron chi connectivity index (χ1n) is 12.3. The van der Waals surface area contributed by atoms with Gasteiger partial charge in [-0.3, -0.25) is 4.79 Å². The first-order valence-corrected chi connectivity index (χ1v) is 12.3. The molecule has 0 spiro atoms. The number of aromatic hydroxyl groups is 1. The van der Waals surface area contributed by atoms with Gasteiger partial charge in [0.25, 0.3) is 0 Å². The third kappa shape index (κ3) is 6.12. The van der Waals surface area contributed by atoms with Crippen molar-refractivity contribution in [1.29, 1.82) is 0 Å². The van der Waals surface area contributed by atoms with Crippen LogP contribution in [-0.2, 0) is 14.9 Å². The highest BCUT2D eigenvalue weighted by Crippen LogP contribution is 2.35. The van der Waals surface area contributed by atoms with Gasteiger partial charge in [0.2, 0.25) is 0 Å². The lowest BCUT2D eigenvalue weighted by Gasteiger charge is -2.28. The molecule has 0 aliphatic heterocycles. The monoisotopic (exact) mass is 451 g/mol. The van der Waals surface area contributed by atoms with Gasteiger partial charge < -0.3 is 9.84 Å². The fourth-order valence-corrected chi connectivity index (χ4v) is 4.10. The van der Waals surface area contributed by atoms with Crippen molar-refractivity contribution >= 4 is 17.0 Å². The lowest BCUT2D eigenvalue weighted by Crippen LogP contribution is -2.35. The molecule has 33 heavy (non-hydrogen) atoms. The molecule has 0 saturated heterocycles. The summed E-state index contributed by atoms with van der Waals surface area (Å²) < 4.78 is 5.75. The minimum Gasteiger partial charge on any atom is -0.506 e. The highest BCUT2D eigenvalue weighted by Gasteiger charge is 2.37. The summed E-state index contributed by atoms with van der Waals surface area (Å²) >= 11 is 0. The molecule has 3 aromatic rings. The van der Waals surface area contributed by atoms with Crippen molar-refractivity contribution in [3.8, 4) is 11.4 Å². The minimum absolute atomic E-state index is 0.0670. The minimum atomic E-state index is -0.798. The lowest BCUT2D eigenvalue weighted by atomic mass is 9.78. The third-order valence-electron chi connectivity index (χ3n) is 6.33. The molecule has 1 atom stereocenters. The largest absolute Gasteiger partial charge is 0.506 e. The second kappa shape index (κ2) is 11.8. The Balaban J connectivity index is 1.79. The number of carbonyl (C=O) groups is 1. The van der Waals surface area contributed by atoms with E-state index in [0.717, 1.165) is 42.3 Å². The Bertz CT molecular complexity index is 1010. The van der Waals surface area contributed by atoms with E-state index in [1.165, 1.54) is 30.5 Å². The van der Waals surface area contributed by atoms with Gasteiger partial charge in [-0.1, -0.05) is 77.0 Å². The van der Waals surface area contributed by atoms with E-state index < -0.39 is 5.41 Å². The standard InChI is InChI=1S/C27H37N3O3/c1-4-6-8-9-10-13-19-33-26(32)27(3,18-7-5-2)21-16-17-25(31)24(20-21)30-28-22-14-11-12-15-23(22)29-30/h11-12,14-17,20,31H,4-10,13,18-19H2,1-3H3. The summed E-state index contributed by atoms with van der Waals surface area (Å²) in [5.41, 5.74) is 1.95. The molecule has 0 aliphatic carbocycles. The van der Waals surface area contributed by atoms with E-state index >= 15 is 0 Å². The van der Waals surface area contributed by atoms with Gasteiger partial charge in [0.05, 0.1) is 12.0 Å². The number of rotatable bonds is 13. The van der Waals surface area contributed by atoms with E-state index in [4.69, 9.17) is 4.74 Å². The molecule has 6 heteroatoms. The fourth-order valence-electron chi connectivity index (χ4n) is 4.10. The summed E-state index contributed by atoms with van der Waals surface area (Å²) in [6.07, 6.45) is 9.46. The highest BCUT2D eigenvalue weighted by molar-refractivity contribution is 5.83. The Hall–Kier alpha value is -2.89. The van der Waals surface area contributed by atoms with E-state index in [2.05, 4.69) is 24.0 Å². The molecule has 0 saturated carbocycles. The van der Waals surface area contributed by atoms with E-state index in [9.17, 15) is 9.90 Å². The van der Waals surface area contributed by atoms with Gasteiger partial charge in [-0.05, 0) is 49.6 Å².